The Morgan fingerprint density at radius 1 is 1.30 bits per heavy atom. The molecule has 2 aromatic rings. The largest absolute Gasteiger partial charge is 0.481 e. The molecule has 2 aliphatic heterocycles. The summed E-state index contributed by atoms with van der Waals surface area (Å²) in [7, 11) is 1.47. The van der Waals surface area contributed by atoms with Gasteiger partial charge < -0.3 is 19.9 Å². The molecule has 2 fully saturated rings. The molecule has 9 heteroatoms. The van der Waals surface area contributed by atoms with Crippen LogP contribution in [0.15, 0.2) is 36.5 Å². The van der Waals surface area contributed by atoms with Crippen LogP contribution in [0.3, 0.4) is 0 Å². The quantitative estimate of drug-likeness (QED) is 0.791. The first-order valence-electron chi connectivity index (χ1n) is 9.50. The van der Waals surface area contributed by atoms with Gasteiger partial charge in [0.15, 0.2) is 0 Å². The van der Waals surface area contributed by atoms with Gasteiger partial charge in [0, 0.05) is 30.3 Å². The zero-order valence-electron chi connectivity index (χ0n) is 16.3. The average molecular weight is 422 g/mol. The van der Waals surface area contributed by atoms with Crippen LogP contribution in [0.4, 0.5) is 18.9 Å². The predicted molar refractivity (Wildman–Crippen MR) is 101 cm³/mol. The third-order valence-electron chi connectivity index (χ3n) is 5.65. The second-order valence-electron chi connectivity index (χ2n) is 7.70. The summed E-state index contributed by atoms with van der Waals surface area (Å²) >= 11 is 0. The first-order chi connectivity index (χ1) is 14.2. The van der Waals surface area contributed by atoms with Crippen molar-refractivity contribution in [2.45, 2.75) is 43.8 Å². The number of anilines is 1. The fraction of sp³-hybridized carbons (Fsp3) is 0.429. The van der Waals surface area contributed by atoms with Crippen LogP contribution in [0, 0.1) is 12.8 Å². The van der Waals surface area contributed by atoms with Crippen molar-refractivity contribution in [1.82, 2.24) is 4.98 Å². The van der Waals surface area contributed by atoms with E-state index in [1.165, 1.54) is 26.3 Å². The number of amides is 1. The SMILES string of the molecule is COc1cc(C2C3OC(CC3O)C2C(=O)Nc2cc(C)cc(C(F)(F)F)c2)ccn1. The van der Waals surface area contributed by atoms with E-state index in [1.54, 1.807) is 12.1 Å². The van der Waals surface area contributed by atoms with Crippen molar-refractivity contribution in [2.75, 3.05) is 12.4 Å². The van der Waals surface area contributed by atoms with Crippen molar-refractivity contribution in [3.8, 4) is 5.88 Å². The molecule has 2 N–H and O–H groups in total. The molecule has 30 heavy (non-hydrogen) atoms. The number of aromatic nitrogens is 1. The molecule has 5 unspecified atom stereocenters. The van der Waals surface area contributed by atoms with E-state index < -0.39 is 47.8 Å². The fourth-order valence-electron chi connectivity index (χ4n) is 4.43. The number of alkyl halides is 3. The van der Waals surface area contributed by atoms with E-state index in [9.17, 15) is 23.1 Å². The number of fused-ring (bicyclic) bond motifs is 2. The molecule has 1 amide bonds. The number of aryl methyl sites for hydroxylation is 1. The Kier molecular flexibility index (Phi) is 5.19. The van der Waals surface area contributed by atoms with Gasteiger partial charge in [-0.25, -0.2) is 4.98 Å². The second-order valence-corrected chi connectivity index (χ2v) is 7.70. The van der Waals surface area contributed by atoms with Crippen LogP contribution < -0.4 is 10.1 Å². The number of methoxy groups -OCH3 is 1. The molecule has 3 heterocycles. The highest BCUT2D eigenvalue weighted by Crippen LogP contribution is 2.49. The zero-order chi connectivity index (χ0) is 21.6. The van der Waals surface area contributed by atoms with E-state index in [1.807, 2.05) is 0 Å². The molecule has 2 saturated heterocycles. The van der Waals surface area contributed by atoms with E-state index in [0.717, 1.165) is 12.1 Å². The van der Waals surface area contributed by atoms with E-state index in [2.05, 4.69) is 10.3 Å². The highest BCUT2D eigenvalue weighted by Gasteiger charge is 2.57. The maximum Gasteiger partial charge on any atom is 0.416 e. The van der Waals surface area contributed by atoms with Crippen LogP contribution in [0.1, 0.15) is 29.0 Å². The monoisotopic (exact) mass is 422 g/mol. The zero-order valence-corrected chi connectivity index (χ0v) is 16.3. The van der Waals surface area contributed by atoms with Crippen LogP contribution in [0.25, 0.3) is 0 Å². The van der Waals surface area contributed by atoms with Crippen molar-refractivity contribution in [2.24, 2.45) is 5.92 Å². The number of nitrogens with one attached hydrogen (secondary N) is 1. The van der Waals surface area contributed by atoms with Crippen LogP contribution >= 0.6 is 0 Å². The predicted octanol–water partition coefficient (Wildman–Crippen LogP) is 3.29. The Labute approximate surface area is 171 Å². The minimum absolute atomic E-state index is 0.0710. The molecule has 2 aliphatic rings. The van der Waals surface area contributed by atoms with Gasteiger partial charge in [0.1, 0.15) is 0 Å². The summed E-state index contributed by atoms with van der Waals surface area (Å²) in [6, 6.07) is 6.83. The van der Waals surface area contributed by atoms with Crippen molar-refractivity contribution in [1.29, 1.82) is 0 Å². The molecule has 2 bridgehead atoms. The van der Waals surface area contributed by atoms with Gasteiger partial charge in [0.2, 0.25) is 11.8 Å². The lowest BCUT2D eigenvalue weighted by atomic mass is 9.74. The number of benzene rings is 1. The molecule has 0 aliphatic carbocycles. The van der Waals surface area contributed by atoms with Crippen molar-refractivity contribution in [3.05, 3.63) is 53.2 Å². The standard InChI is InChI=1S/C21H21F3N2O4/c1-10-5-12(21(22,23)24)8-13(6-10)26-20(28)18-15-9-14(27)19(30-15)17(18)11-3-4-25-16(7-11)29-2/h3-8,14-15,17-19,27H,9H2,1-2H3,(H,26,28). The van der Waals surface area contributed by atoms with Gasteiger partial charge in [-0.05, 0) is 42.3 Å². The third-order valence-corrected chi connectivity index (χ3v) is 5.65. The fourth-order valence-corrected chi connectivity index (χ4v) is 4.43. The van der Waals surface area contributed by atoms with Gasteiger partial charge in [0.25, 0.3) is 0 Å². The lowest BCUT2D eigenvalue weighted by Crippen LogP contribution is -2.41. The second kappa shape index (κ2) is 7.55. The normalized spacial score (nSPS) is 27.9. The van der Waals surface area contributed by atoms with Gasteiger partial charge in [-0.3, -0.25) is 4.79 Å². The Morgan fingerprint density at radius 2 is 2.07 bits per heavy atom. The van der Waals surface area contributed by atoms with Crippen LogP contribution in [0.5, 0.6) is 5.88 Å². The molecule has 6 nitrogen and oxygen atoms in total. The van der Waals surface area contributed by atoms with Crippen molar-refractivity contribution >= 4 is 11.6 Å². The Bertz CT molecular complexity index is 966. The van der Waals surface area contributed by atoms with Crippen LogP contribution in [-0.2, 0) is 15.7 Å². The summed E-state index contributed by atoms with van der Waals surface area (Å²) in [5, 5.41) is 12.9. The van der Waals surface area contributed by atoms with Gasteiger partial charge in [0.05, 0.1) is 36.9 Å². The van der Waals surface area contributed by atoms with Crippen molar-refractivity contribution < 1.29 is 32.5 Å². The Balaban J connectivity index is 1.63. The highest BCUT2D eigenvalue weighted by atomic mass is 19.4. The molecular weight excluding hydrogens is 401 g/mol. The number of hydrogen-bond donors (Lipinski definition) is 2. The maximum absolute atomic E-state index is 13.1. The number of aliphatic hydroxyl groups is 1. The molecular formula is C21H21F3N2O4. The number of pyridine rings is 1. The van der Waals surface area contributed by atoms with Gasteiger partial charge in [-0.15, -0.1) is 0 Å². The average Bonchev–Trinajstić information content (AvgIpc) is 3.24. The number of rotatable bonds is 4. The molecule has 1 aromatic carbocycles. The summed E-state index contributed by atoms with van der Waals surface area (Å²) in [5.74, 6) is -1.23. The third kappa shape index (κ3) is 3.75. The molecule has 4 rings (SSSR count). The van der Waals surface area contributed by atoms with Gasteiger partial charge in [-0.2, -0.15) is 13.2 Å². The number of halogens is 3. The molecule has 5 atom stereocenters. The molecule has 0 saturated carbocycles. The highest BCUT2D eigenvalue weighted by molar-refractivity contribution is 5.94. The van der Waals surface area contributed by atoms with E-state index in [-0.39, 0.29) is 5.69 Å². The van der Waals surface area contributed by atoms with Crippen molar-refractivity contribution in [3.63, 3.8) is 0 Å². The van der Waals surface area contributed by atoms with Gasteiger partial charge >= 0.3 is 6.18 Å². The van der Waals surface area contributed by atoms with Gasteiger partial charge in [-0.1, -0.05) is 0 Å². The molecule has 0 radical (unpaired) electrons. The minimum Gasteiger partial charge on any atom is -0.481 e. The number of carbonyl (C=O) groups is 1. The summed E-state index contributed by atoms with van der Waals surface area (Å²) in [6.07, 6.45) is -4.51. The van der Waals surface area contributed by atoms with E-state index in [4.69, 9.17) is 9.47 Å². The van der Waals surface area contributed by atoms with E-state index >= 15 is 0 Å². The number of aliphatic hydroxyl groups excluding tert-OH is 1. The molecule has 160 valence electrons. The number of ether oxygens (including phenoxy) is 2. The smallest absolute Gasteiger partial charge is 0.416 e. The lowest BCUT2D eigenvalue weighted by Gasteiger charge is -2.30. The summed E-state index contributed by atoms with van der Waals surface area (Å²) < 4.78 is 50.4. The van der Waals surface area contributed by atoms with Crippen LogP contribution in [0.2, 0.25) is 0 Å². The number of nitrogens with zero attached hydrogens (tertiary/aromatic N) is 1. The first kappa shape index (κ1) is 20.6. The number of carbonyl (C=O) groups excluding carboxylic acids is 1. The lowest BCUT2D eigenvalue weighted by molar-refractivity contribution is -0.137. The summed E-state index contributed by atoms with van der Waals surface area (Å²) in [6.45, 7) is 1.54. The minimum atomic E-state index is -4.51. The number of hydrogen-bond acceptors (Lipinski definition) is 5. The Morgan fingerprint density at radius 3 is 2.77 bits per heavy atom. The molecule has 0 spiro atoms. The maximum atomic E-state index is 13.1. The summed E-state index contributed by atoms with van der Waals surface area (Å²) in [4.78, 5) is 17.2. The topological polar surface area (TPSA) is 80.7 Å². The Hall–Kier alpha value is -2.65. The van der Waals surface area contributed by atoms with E-state index in [0.29, 0.717) is 23.4 Å². The molecule has 1 aromatic heterocycles. The summed E-state index contributed by atoms with van der Waals surface area (Å²) in [5.41, 5.74) is 0.346. The first-order valence-corrected chi connectivity index (χ1v) is 9.50. The van der Waals surface area contributed by atoms with Crippen LogP contribution in [-0.4, -0.2) is 41.4 Å².